The van der Waals surface area contributed by atoms with Gasteiger partial charge in [0, 0.05) is 24.3 Å². The minimum atomic E-state index is -0.717. The highest BCUT2D eigenvalue weighted by Gasteiger charge is 2.18. The lowest BCUT2D eigenvalue weighted by atomic mass is 10.1. The molecule has 0 fully saturated rings. The molecule has 18 heavy (non-hydrogen) atoms. The van der Waals surface area contributed by atoms with Crippen LogP contribution < -0.4 is 10.6 Å². The molecular formula is C14H22N2OS. The first-order valence-corrected chi connectivity index (χ1v) is 6.53. The molecule has 3 nitrogen and oxygen atoms in total. The molecule has 0 saturated heterocycles. The van der Waals surface area contributed by atoms with E-state index in [-0.39, 0.29) is 0 Å². The fourth-order valence-corrected chi connectivity index (χ4v) is 2.20. The molecule has 0 amide bonds. The van der Waals surface area contributed by atoms with Gasteiger partial charge in [-0.3, -0.25) is 0 Å². The average molecular weight is 266 g/mol. The van der Waals surface area contributed by atoms with Crippen LogP contribution in [-0.2, 0) is 0 Å². The Balaban J connectivity index is 3.01. The van der Waals surface area contributed by atoms with E-state index in [0.29, 0.717) is 11.5 Å². The van der Waals surface area contributed by atoms with Crippen molar-refractivity contribution in [2.75, 3.05) is 18.0 Å². The van der Waals surface area contributed by atoms with Gasteiger partial charge >= 0.3 is 0 Å². The molecule has 0 spiro atoms. The number of hydrogen-bond donors (Lipinski definition) is 2. The number of thiocarbonyl (C=S) groups is 1. The van der Waals surface area contributed by atoms with Gasteiger partial charge in [-0.25, -0.2) is 0 Å². The molecule has 0 radical (unpaired) electrons. The van der Waals surface area contributed by atoms with Crippen LogP contribution in [0.15, 0.2) is 18.2 Å². The largest absolute Gasteiger partial charge is 0.389 e. The Morgan fingerprint density at radius 2 is 2.06 bits per heavy atom. The van der Waals surface area contributed by atoms with Crippen molar-refractivity contribution >= 4 is 22.9 Å². The van der Waals surface area contributed by atoms with E-state index in [0.717, 1.165) is 23.4 Å². The summed E-state index contributed by atoms with van der Waals surface area (Å²) in [5.41, 5.74) is 7.99. The standard InChI is InChI=1S/C14H22N2OS/c1-5-16(9-14(3,4)17)11-6-7-12(13(15)18)10(2)8-11/h6-8,17H,5,9H2,1-4H3,(H2,15,18). The predicted molar refractivity (Wildman–Crippen MR) is 81.3 cm³/mol. The van der Waals surface area contributed by atoms with E-state index in [1.54, 1.807) is 0 Å². The highest BCUT2D eigenvalue weighted by Crippen LogP contribution is 2.21. The summed E-state index contributed by atoms with van der Waals surface area (Å²) in [5.74, 6) is 0. The van der Waals surface area contributed by atoms with E-state index in [1.165, 1.54) is 0 Å². The Morgan fingerprint density at radius 3 is 2.44 bits per heavy atom. The second-order valence-electron chi connectivity index (χ2n) is 5.19. The van der Waals surface area contributed by atoms with Crippen molar-refractivity contribution in [3.63, 3.8) is 0 Å². The number of anilines is 1. The quantitative estimate of drug-likeness (QED) is 0.802. The van der Waals surface area contributed by atoms with Gasteiger partial charge in [0.25, 0.3) is 0 Å². The molecule has 0 saturated carbocycles. The molecule has 0 bridgehead atoms. The number of hydrogen-bond acceptors (Lipinski definition) is 3. The SMILES string of the molecule is CCN(CC(C)(C)O)c1ccc(C(N)=S)c(C)c1. The minimum absolute atomic E-state index is 0.421. The predicted octanol–water partition coefficient (Wildman–Crippen LogP) is 2.23. The first-order chi connectivity index (χ1) is 8.24. The van der Waals surface area contributed by atoms with E-state index in [1.807, 2.05) is 32.9 Å². The molecule has 1 aromatic rings. The summed E-state index contributed by atoms with van der Waals surface area (Å²) in [6.07, 6.45) is 0. The van der Waals surface area contributed by atoms with Crippen LogP contribution in [0.25, 0.3) is 0 Å². The smallest absolute Gasteiger partial charge is 0.104 e. The number of aliphatic hydroxyl groups is 1. The Kier molecular flexibility index (Phi) is 4.71. The van der Waals surface area contributed by atoms with E-state index in [9.17, 15) is 5.11 Å². The van der Waals surface area contributed by atoms with Crippen LogP contribution in [0, 0.1) is 6.92 Å². The van der Waals surface area contributed by atoms with Crippen molar-refractivity contribution < 1.29 is 5.11 Å². The molecular weight excluding hydrogens is 244 g/mol. The molecule has 0 atom stereocenters. The van der Waals surface area contributed by atoms with Crippen LogP contribution >= 0.6 is 12.2 Å². The van der Waals surface area contributed by atoms with Gasteiger partial charge in [0.15, 0.2) is 0 Å². The zero-order valence-electron chi connectivity index (χ0n) is 11.5. The van der Waals surface area contributed by atoms with Crippen LogP contribution in [0.1, 0.15) is 31.9 Å². The lowest BCUT2D eigenvalue weighted by molar-refractivity contribution is 0.0876. The zero-order chi connectivity index (χ0) is 13.9. The topological polar surface area (TPSA) is 49.5 Å². The first-order valence-electron chi connectivity index (χ1n) is 6.12. The van der Waals surface area contributed by atoms with E-state index in [4.69, 9.17) is 18.0 Å². The lowest BCUT2D eigenvalue weighted by Gasteiger charge is -2.30. The van der Waals surface area contributed by atoms with Gasteiger partial charge in [0.1, 0.15) is 4.99 Å². The molecule has 0 unspecified atom stereocenters. The lowest BCUT2D eigenvalue weighted by Crippen LogP contribution is -2.38. The summed E-state index contributed by atoms with van der Waals surface area (Å²) in [6, 6.07) is 6.00. The van der Waals surface area contributed by atoms with Gasteiger partial charge in [-0.2, -0.15) is 0 Å². The van der Waals surface area contributed by atoms with E-state index >= 15 is 0 Å². The van der Waals surface area contributed by atoms with Gasteiger partial charge in [-0.1, -0.05) is 12.2 Å². The number of benzene rings is 1. The van der Waals surface area contributed by atoms with Crippen LogP contribution in [-0.4, -0.2) is 28.8 Å². The molecule has 4 heteroatoms. The van der Waals surface area contributed by atoms with Crippen molar-refractivity contribution in [3.05, 3.63) is 29.3 Å². The van der Waals surface area contributed by atoms with Gasteiger partial charge < -0.3 is 15.7 Å². The number of likely N-dealkylation sites (N-methyl/N-ethyl adjacent to an activating group) is 1. The van der Waals surface area contributed by atoms with Gasteiger partial charge in [0.05, 0.1) is 5.60 Å². The average Bonchev–Trinajstić information content (AvgIpc) is 2.24. The Morgan fingerprint density at radius 1 is 1.44 bits per heavy atom. The number of nitrogens with zero attached hydrogens (tertiary/aromatic N) is 1. The number of aryl methyl sites for hydroxylation is 1. The van der Waals surface area contributed by atoms with E-state index in [2.05, 4.69) is 17.9 Å². The first kappa shape index (κ1) is 14.9. The Hall–Kier alpha value is -1.13. The normalized spacial score (nSPS) is 11.4. The van der Waals surface area contributed by atoms with Crippen molar-refractivity contribution in [3.8, 4) is 0 Å². The second kappa shape index (κ2) is 5.67. The summed E-state index contributed by atoms with van der Waals surface area (Å²) in [5, 5.41) is 9.91. The third-order valence-electron chi connectivity index (χ3n) is 2.80. The van der Waals surface area contributed by atoms with Crippen LogP contribution in [0.2, 0.25) is 0 Å². The molecule has 0 heterocycles. The second-order valence-corrected chi connectivity index (χ2v) is 5.63. The van der Waals surface area contributed by atoms with Crippen LogP contribution in [0.5, 0.6) is 0 Å². The maximum Gasteiger partial charge on any atom is 0.104 e. The minimum Gasteiger partial charge on any atom is -0.389 e. The maximum atomic E-state index is 9.91. The molecule has 1 aromatic carbocycles. The number of rotatable bonds is 5. The highest BCUT2D eigenvalue weighted by molar-refractivity contribution is 7.80. The van der Waals surface area contributed by atoms with Gasteiger partial charge in [-0.05, 0) is 51.5 Å². The zero-order valence-corrected chi connectivity index (χ0v) is 12.3. The monoisotopic (exact) mass is 266 g/mol. The maximum absolute atomic E-state index is 9.91. The number of nitrogens with two attached hydrogens (primary N) is 1. The van der Waals surface area contributed by atoms with Crippen molar-refractivity contribution in [1.82, 2.24) is 0 Å². The van der Waals surface area contributed by atoms with Gasteiger partial charge in [-0.15, -0.1) is 0 Å². The molecule has 0 aliphatic heterocycles. The van der Waals surface area contributed by atoms with E-state index < -0.39 is 5.60 Å². The summed E-state index contributed by atoms with van der Waals surface area (Å²) < 4.78 is 0. The summed E-state index contributed by atoms with van der Waals surface area (Å²) >= 11 is 5.00. The highest BCUT2D eigenvalue weighted by atomic mass is 32.1. The molecule has 1 rings (SSSR count). The van der Waals surface area contributed by atoms with Crippen molar-refractivity contribution in [1.29, 1.82) is 0 Å². The van der Waals surface area contributed by atoms with Crippen LogP contribution in [0.4, 0.5) is 5.69 Å². The molecule has 0 aromatic heterocycles. The summed E-state index contributed by atoms with van der Waals surface area (Å²) in [7, 11) is 0. The van der Waals surface area contributed by atoms with Crippen molar-refractivity contribution in [2.45, 2.75) is 33.3 Å². The summed E-state index contributed by atoms with van der Waals surface area (Å²) in [6.45, 7) is 9.13. The molecule has 0 aliphatic rings. The summed E-state index contributed by atoms with van der Waals surface area (Å²) in [4.78, 5) is 2.56. The third-order valence-corrected chi connectivity index (χ3v) is 3.02. The fraction of sp³-hybridized carbons (Fsp3) is 0.500. The van der Waals surface area contributed by atoms with Crippen molar-refractivity contribution in [2.24, 2.45) is 5.73 Å². The van der Waals surface area contributed by atoms with Gasteiger partial charge in [0.2, 0.25) is 0 Å². The molecule has 0 aliphatic carbocycles. The third kappa shape index (κ3) is 3.96. The molecule has 3 N–H and O–H groups in total. The fourth-order valence-electron chi connectivity index (χ4n) is 1.97. The molecule has 100 valence electrons. The van der Waals surface area contributed by atoms with Crippen LogP contribution in [0.3, 0.4) is 0 Å². The Labute approximate surface area is 115 Å². The Bertz CT molecular complexity index is 438.